The molecule has 0 fully saturated rings. The van der Waals surface area contributed by atoms with Gasteiger partial charge in [0, 0.05) is 33.6 Å². The second kappa shape index (κ2) is 8.91. The summed E-state index contributed by atoms with van der Waals surface area (Å²) in [7, 11) is -1.18. The van der Waals surface area contributed by atoms with Crippen molar-refractivity contribution in [3.63, 3.8) is 0 Å². The predicted octanol–water partition coefficient (Wildman–Crippen LogP) is 3.32. The highest BCUT2D eigenvalue weighted by Gasteiger charge is 2.38. The number of amides is 1. The highest BCUT2D eigenvalue weighted by atomic mass is 32.2. The lowest BCUT2D eigenvalue weighted by Gasteiger charge is -2.13. The van der Waals surface area contributed by atoms with E-state index in [9.17, 15) is 26.4 Å². The number of sulfonamides is 1. The molecular formula is C21H23F3N4O3S. The topological polar surface area (TPSA) is 84.3 Å². The first-order valence-corrected chi connectivity index (χ1v) is 11.2. The van der Waals surface area contributed by atoms with Gasteiger partial charge in [0.1, 0.15) is 0 Å². The maximum absolute atomic E-state index is 13.6. The van der Waals surface area contributed by atoms with Crippen molar-refractivity contribution in [3.8, 4) is 0 Å². The Hall–Kier alpha value is -2.92. The molecule has 0 bridgehead atoms. The zero-order chi connectivity index (χ0) is 23.7. The van der Waals surface area contributed by atoms with E-state index in [1.54, 1.807) is 0 Å². The third-order valence-corrected chi connectivity index (χ3v) is 6.70. The van der Waals surface area contributed by atoms with Gasteiger partial charge < -0.3 is 9.88 Å². The summed E-state index contributed by atoms with van der Waals surface area (Å²) in [5.74, 6) is -1.59. The molecule has 0 saturated carbocycles. The smallest absolute Gasteiger partial charge is 0.352 e. The molecule has 1 N–H and O–H groups in total. The maximum atomic E-state index is 13.6. The van der Waals surface area contributed by atoms with Crippen molar-refractivity contribution in [3.05, 3.63) is 59.4 Å². The molecule has 0 aliphatic rings. The average Bonchev–Trinajstić information content (AvgIpc) is 3.09. The van der Waals surface area contributed by atoms with Crippen molar-refractivity contribution in [2.24, 2.45) is 0 Å². The van der Waals surface area contributed by atoms with Gasteiger partial charge in [-0.3, -0.25) is 4.79 Å². The Labute approximate surface area is 183 Å². The molecule has 0 atom stereocenters. The third kappa shape index (κ3) is 5.10. The summed E-state index contributed by atoms with van der Waals surface area (Å²) in [6, 6.07) is 11.1. The van der Waals surface area contributed by atoms with Gasteiger partial charge in [0.05, 0.1) is 15.9 Å². The van der Waals surface area contributed by atoms with Gasteiger partial charge in [-0.1, -0.05) is 29.8 Å². The molecule has 0 spiro atoms. The van der Waals surface area contributed by atoms with Gasteiger partial charge in [0.25, 0.3) is 0 Å². The Balaban J connectivity index is 1.83. The minimum Gasteiger partial charge on any atom is -0.352 e. The van der Waals surface area contributed by atoms with Crippen LogP contribution >= 0.6 is 0 Å². The Bertz CT molecular complexity index is 1250. The maximum Gasteiger partial charge on any atom is 0.449 e. The molecule has 0 unspecified atom stereocenters. The first-order chi connectivity index (χ1) is 14.9. The number of alkyl halides is 3. The molecule has 32 heavy (non-hydrogen) atoms. The number of carbonyl (C=O) groups excluding carboxylic acids is 1. The molecule has 2 aromatic carbocycles. The summed E-state index contributed by atoms with van der Waals surface area (Å²) in [6.07, 6.45) is -4.96. The minimum atomic E-state index is -4.77. The first kappa shape index (κ1) is 23.7. The molecule has 1 amide bonds. The summed E-state index contributed by atoms with van der Waals surface area (Å²) in [6.45, 7) is 1.93. The first-order valence-electron chi connectivity index (χ1n) is 9.72. The van der Waals surface area contributed by atoms with Crippen LogP contribution in [0.5, 0.6) is 0 Å². The van der Waals surface area contributed by atoms with E-state index in [0.717, 1.165) is 26.1 Å². The van der Waals surface area contributed by atoms with E-state index in [1.165, 1.54) is 26.2 Å². The second-order valence-corrected chi connectivity index (χ2v) is 9.69. The fourth-order valence-electron chi connectivity index (χ4n) is 3.25. The van der Waals surface area contributed by atoms with Gasteiger partial charge in [0.15, 0.2) is 0 Å². The van der Waals surface area contributed by atoms with E-state index in [2.05, 4.69) is 10.3 Å². The lowest BCUT2D eigenvalue weighted by atomic mass is 10.1. The zero-order valence-electron chi connectivity index (χ0n) is 17.8. The largest absolute Gasteiger partial charge is 0.449 e. The number of hydrogen-bond acceptors (Lipinski definition) is 4. The molecule has 11 heteroatoms. The van der Waals surface area contributed by atoms with Crippen LogP contribution in [0.2, 0.25) is 0 Å². The second-order valence-electron chi connectivity index (χ2n) is 7.54. The van der Waals surface area contributed by atoms with Crippen LogP contribution in [-0.4, -0.2) is 42.3 Å². The summed E-state index contributed by atoms with van der Waals surface area (Å²) >= 11 is 0. The van der Waals surface area contributed by atoms with E-state index in [4.69, 9.17) is 0 Å². The van der Waals surface area contributed by atoms with Crippen LogP contribution in [0.1, 0.15) is 23.4 Å². The van der Waals surface area contributed by atoms with E-state index in [0.29, 0.717) is 0 Å². The van der Waals surface area contributed by atoms with Gasteiger partial charge in [0.2, 0.25) is 21.8 Å². The Morgan fingerprint density at radius 2 is 1.88 bits per heavy atom. The number of aromatic nitrogens is 2. The monoisotopic (exact) mass is 468 g/mol. The summed E-state index contributed by atoms with van der Waals surface area (Å²) in [4.78, 5) is 15.7. The van der Waals surface area contributed by atoms with Crippen molar-refractivity contribution < 1.29 is 26.4 Å². The van der Waals surface area contributed by atoms with Crippen LogP contribution in [0.3, 0.4) is 0 Å². The van der Waals surface area contributed by atoms with E-state index in [1.807, 2.05) is 31.2 Å². The number of benzene rings is 2. The standard InChI is InChI=1S/C21H23F3N4O3S/c1-14-5-4-6-15(11-14)13-25-19(29)9-10-28-18-8-7-16(32(30,31)27(2)3)12-17(18)26-20(28)21(22,23)24/h4-8,11-12H,9-10,13H2,1-3H3,(H,25,29). The molecule has 0 aliphatic heterocycles. The SMILES string of the molecule is Cc1cccc(CNC(=O)CCn2c(C(F)(F)F)nc3cc(S(=O)(=O)N(C)C)ccc32)c1. The number of fused-ring (bicyclic) bond motifs is 1. The van der Waals surface area contributed by atoms with Crippen molar-refractivity contribution in [1.29, 1.82) is 0 Å². The number of hydrogen-bond donors (Lipinski definition) is 1. The van der Waals surface area contributed by atoms with Crippen LogP contribution in [0.15, 0.2) is 47.4 Å². The summed E-state index contributed by atoms with van der Waals surface area (Å²) in [5, 5.41) is 2.70. The van der Waals surface area contributed by atoms with Gasteiger partial charge in [-0.2, -0.15) is 13.2 Å². The highest BCUT2D eigenvalue weighted by Crippen LogP contribution is 2.32. The van der Waals surface area contributed by atoms with Crippen LogP contribution in [0.25, 0.3) is 11.0 Å². The van der Waals surface area contributed by atoms with Crippen LogP contribution in [-0.2, 0) is 34.1 Å². The highest BCUT2D eigenvalue weighted by molar-refractivity contribution is 7.89. The number of aryl methyl sites for hydroxylation is 2. The van der Waals surface area contributed by atoms with Gasteiger partial charge in [-0.25, -0.2) is 17.7 Å². The lowest BCUT2D eigenvalue weighted by molar-refractivity contribution is -0.147. The van der Waals surface area contributed by atoms with E-state index < -0.39 is 27.9 Å². The lowest BCUT2D eigenvalue weighted by Crippen LogP contribution is -2.25. The molecule has 0 saturated heterocycles. The number of carbonyl (C=O) groups is 1. The summed E-state index contributed by atoms with van der Waals surface area (Å²) < 4.78 is 67.2. The predicted molar refractivity (Wildman–Crippen MR) is 113 cm³/mol. The molecule has 1 aromatic heterocycles. The molecule has 7 nitrogen and oxygen atoms in total. The van der Waals surface area contributed by atoms with Crippen molar-refractivity contribution in [2.45, 2.75) is 37.5 Å². The Morgan fingerprint density at radius 3 is 2.50 bits per heavy atom. The quantitative estimate of drug-likeness (QED) is 0.577. The summed E-state index contributed by atoms with van der Waals surface area (Å²) in [5.41, 5.74) is 1.91. The molecule has 1 heterocycles. The molecule has 172 valence electrons. The van der Waals surface area contributed by atoms with Crippen LogP contribution in [0.4, 0.5) is 13.2 Å². The van der Waals surface area contributed by atoms with E-state index in [-0.39, 0.29) is 35.4 Å². The number of rotatable bonds is 7. The number of imidazole rings is 1. The molecule has 3 rings (SSSR count). The van der Waals surface area contributed by atoms with Crippen molar-refractivity contribution in [1.82, 2.24) is 19.2 Å². The molecule has 3 aromatic rings. The normalized spacial score (nSPS) is 12.5. The van der Waals surface area contributed by atoms with E-state index >= 15 is 0 Å². The Morgan fingerprint density at radius 1 is 1.16 bits per heavy atom. The molecular weight excluding hydrogens is 445 g/mol. The third-order valence-electron chi connectivity index (χ3n) is 4.89. The fraction of sp³-hybridized carbons (Fsp3) is 0.333. The van der Waals surface area contributed by atoms with Crippen LogP contribution < -0.4 is 5.32 Å². The fourth-order valence-corrected chi connectivity index (χ4v) is 4.17. The number of nitrogens with zero attached hydrogens (tertiary/aromatic N) is 3. The number of halogens is 3. The number of nitrogens with one attached hydrogen (secondary N) is 1. The molecule has 0 radical (unpaired) electrons. The van der Waals surface area contributed by atoms with Gasteiger partial charge in [-0.05, 0) is 30.7 Å². The van der Waals surface area contributed by atoms with Crippen LogP contribution in [0, 0.1) is 6.92 Å². The molecule has 0 aliphatic carbocycles. The average molecular weight is 469 g/mol. The van der Waals surface area contributed by atoms with Gasteiger partial charge in [-0.15, -0.1) is 0 Å². The minimum absolute atomic E-state index is 0.0986. The Kier molecular flexibility index (Phi) is 6.61. The van der Waals surface area contributed by atoms with Crippen molar-refractivity contribution >= 4 is 27.0 Å². The van der Waals surface area contributed by atoms with Gasteiger partial charge >= 0.3 is 6.18 Å². The zero-order valence-corrected chi connectivity index (χ0v) is 18.6. The van der Waals surface area contributed by atoms with Crippen molar-refractivity contribution in [2.75, 3.05) is 14.1 Å².